The maximum atomic E-state index is 13.7. The van der Waals surface area contributed by atoms with E-state index in [2.05, 4.69) is 15.0 Å². The van der Waals surface area contributed by atoms with E-state index >= 15 is 0 Å². The van der Waals surface area contributed by atoms with Crippen LogP contribution in [0.3, 0.4) is 0 Å². The van der Waals surface area contributed by atoms with Crippen LogP contribution in [0.2, 0.25) is 0 Å². The number of nitrogen functional groups attached to an aromatic ring is 1. The maximum Gasteiger partial charge on any atom is 0.274 e. The lowest BCUT2D eigenvalue weighted by Crippen LogP contribution is -2.48. The van der Waals surface area contributed by atoms with Crippen molar-refractivity contribution in [2.75, 3.05) is 18.8 Å². The molecule has 1 saturated heterocycles. The zero-order valence-electron chi connectivity index (χ0n) is 20.7. The number of hydrogen-bond acceptors (Lipinski definition) is 6. The number of rotatable bonds is 3. The second-order valence-electron chi connectivity index (χ2n) is 9.55. The third-order valence-corrected chi connectivity index (χ3v) is 6.67. The normalized spacial score (nSPS) is 18.1. The molecule has 0 saturated carbocycles. The van der Waals surface area contributed by atoms with Gasteiger partial charge in [0.25, 0.3) is 5.91 Å². The van der Waals surface area contributed by atoms with Crippen LogP contribution in [0.1, 0.15) is 24.3 Å². The molecule has 0 spiro atoms. The summed E-state index contributed by atoms with van der Waals surface area (Å²) in [7, 11) is 1.93. The van der Waals surface area contributed by atoms with E-state index in [-0.39, 0.29) is 35.4 Å². The number of anilines is 1. The van der Waals surface area contributed by atoms with Crippen molar-refractivity contribution in [1.82, 2.24) is 28.8 Å². The number of halogens is 1. The number of nitrogens with zero attached hydrogens (tertiary/aromatic N) is 6. The van der Waals surface area contributed by atoms with Gasteiger partial charge in [-0.3, -0.25) is 9.20 Å². The van der Waals surface area contributed by atoms with Crippen molar-refractivity contribution in [3.05, 3.63) is 66.5 Å². The Balaban J connectivity index is 1.57. The molecule has 5 aromatic rings. The van der Waals surface area contributed by atoms with Gasteiger partial charge in [-0.15, -0.1) is 0 Å². The van der Waals surface area contributed by atoms with E-state index < -0.39 is 0 Å². The van der Waals surface area contributed by atoms with Crippen LogP contribution in [-0.4, -0.2) is 60.0 Å². The second-order valence-corrected chi connectivity index (χ2v) is 9.55. The number of carbonyl (C=O) groups excluding carboxylic acids is 1. The molecule has 1 aliphatic heterocycles. The minimum atomic E-state index is -0.347. The number of morpholine rings is 1. The van der Waals surface area contributed by atoms with Crippen molar-refractivity contribution in [2.45, 2.75) is 26.1 Å². The van der Waals surface area contributed by atoms with E-state index in [1.165, 1.54) is 12.1 Å². The molecule has 4 heterocycles. The van der Waals surface area contributed by atoms with Gasteiger partial charge in [0.15, 0.2) is 11.5 Å². The Kier molecular flexibility index (Phi) is 5.41. The highest BCUT2D eigenvalue weighted by atomic mass is 19.1. The molecule has 1 amide bonds. The SMILES string of the molecule is CC1CN(C(=O)c2cn3c(-c4ccc5ncn(C)c5c4)c(-c4ccc(F)cc4)nc(N)c3n2)CC(C)O1. The monoisotopic (exact) mass is 499 g/mol. The standard InChI is InChI=1S/C27H26FN7O2/c1-15-11-34(12-16(2)37-15)27(36)21-13-35-24(18-6-9-20-22(10-18)33(3)14-30-20)23(32-25(29)26(35)31-21)17-4-7-19(28)8-5-17/h4-10,13-16H,11-12H2,1-3H3,(H2,29,32). The van der Waals surface area contributed by atoms with Crippen molar-refractivity contribution >= 4 is 28.4 Å². The summed E-state index contributed by atoms with van der Waals surface area (Å²) in [6.07, 6.45) is 3.33. The molecule has 1 aliphatic rings. The molecular weight excluding hydrogens is 473 g/mol. The minimum absolute atomic E-state index is 0.0669. The lowest BCUT2D eigenvalue weighted by molar-refractivity contribution is -0.0587. The van der Waals surface area contributed by atoms with E-state index in [0.29, 0.717) is 35.7 Å². The van der Waals surface area contributed by atoms with E-state index in [1.807, 2.05) is 43.7 Å². The van der Waals surface area contributed by atoms with Gasteiger partial charge in [-0.05, 0) is 50.2 Å². The first-order valence-corrected chi connectivity index (χ1v) is 12.1. The molecule has 1 fully saturated rings. The van der Waals surface area contributed by atoms with Gasteiger partial charge in [0.2, 0.25) is 0 Å². The zero-order chi connectivity index (χ0) is 25.8. The number of carbonyl (C=O) groups is 1. The van der Waals surface area contributed by atoms with Crippen molar-refractivity contribution in [3.63, 3.8) is 0 Å². The van der Waals surface area contributed by atoms with Gasteiger partial charge < -0.3 is 19.9 Å². The first kappa shape index (κ1) is 23.1. The van der Waals surface area contributed by atoms with Crippen LogP contribution in [-0.2, 0) is 11.8 Å². The van der Waals surface area contributed by atoms with Gasteiger partial charge in [-0.2, -0.15) is 0 Å². The third kappa shape index (κ3) is 3.99. The molecule has 0 bridgehead atoms. The Bertz CT molecular complexity index is 1650. The highest BCUT2D eigenvalue weighted by molar-refractivity contribution is 5.95. The molecule has 2 N–H and O–H groups in total. The first-order chi connectivity index (χ1) is 17.8. The number of benzene rings is 2. The van der Waals surface area contributed by atoms with Crippen LogP contribution in [0, 0.1) is 5.82 Å². The van der Waals surface area contributed by atoms with Gasteiger partial charge in [-0.25, -0.2) is 19.3 Å². The number of fused-ring (bicyclic) bond motifs is 2. The molecule has 188 valence electrons. The molecule has 0 aliphatic carbocycles. The molecule has 0 radical (unpaired) electrons. The average molecular weight is 500 g/mol. The Morgan fingerprint density at radius 2 is 1.76 bits per heavy atom. The third-order valence-electron chi connectivity index (χ3n) is 6.67. The summed E-state index contributed by atoms with van der Waals surface area (Å²) in [6, 6.07) is 12.0. The van der Waals surface area contributed by atoms with Gasteiger partial charge in [0.1, 0.15) is 11.5 Å². The Morgan fingerprint density at radius 1 is 1.05 bits per heavy atom. The average Bonchev–Trinajstić information content (AvgIpc) is 3.48. The number of imidazole rings is 2. The predicted octanol–water partition coefficient (Wildman–Crippen LogP) is 3.92. The fourth-order valence-corrected chi connectivity index (χ4v) is 5.04. The lowest BCUT2D eigenvalue weighted by atomic mass is 10.0. The summed E-state index contributed by atoms with van der Waals surface area (Å²) in [5, 5.41) is 0. The molecular formula is C27H26FN7O2. The van der Waals surface area contributed by atoms with E-state index in [0.717, 1.165) is 16.6 Å². The highest BCUT2D eigenvalue weighted by Crippen LogP contribution is 2.35. The second kappa shape index (κ2) is 8.67. The van der Waals surface area contributed by atoms with Crippen LogP contribution in [0.15, 0.2) is 55.0 Å². The van der Waals surface area contributed by atoms with Gasteiger partial charge in [0.05, 0.1) is 41.0 Å². The number of nitrogens with two attached hydrogens (primary N) is 1. The summed E-state index contributed by atoms with van der Waals surface area (Å²) in [4.78, 5) is 28.9. The Labute approximate surface area is 212 Å². The Hall–Kier alpha value is -4.31. The Morgan fingerprint density at radius 3 is 2.49 bits per heavy atom. The predicted molar refractivity (Wildman–Crippen MR) is 138 cm³/mol. The van der Waals surface area contributed by atoms with E-state index in [9.17, 15) is 9.18 Å². The summed E-state index contributed by atoms with van der Waals surface area (Å²) in [5.74, 6) is -0.367. The summed E-state index contributed by atoms with van der Waals surface area (Å²) in [5.41, 5.74) is 11.6. The summed E-state index contributed by atoms with van der Waals surface area (Å²) >= 11 is 0. The van der Waals surface area contributed by atoms with Gasteiger partial charge >= 0.3 is 0 Å². The molecule has 2 atom stereocenters. The zero-order valence-corrected chi connectivity index (χ0v) is 20.7. The first-order valence-electron chi connectivity index (χ1n) is 12.1. The van der Waals surface area contributed by atoms with Gasteiger partial charge in [0, 0.05) is 37.5 Å². The molecule has 37 heavy (non-hydrogen) atoms. The maximum absolute atomic E-state index is 13.7. The molecule has 2 aromatic carbocycles. The number of aromatic nitrogens is 5. The molecule has 9 nitrogen and oxygen atoms in total. The van der Waals surface area contributed by atoms with Crippen LogP contribution >= 0.6 is 0 Å². The fraction of sp³-hybridized carbons (Fsp3) is 0.259. The number of amides is 1. The summed E-state index contributed by atoms with van der Waals surface area (Å²) < 4.78 is 23.3. The van der Waals surface area contributed by atoms with Crippen LogP contribution in [0.4, 0.5) is 10.2 Å². The van der Waals surface area contributed by atoms with Crippen molar-refractivity contribution in [2.24, 2.45) is 7.05 Å². The molecule has 3 aromatic heterocycles. The smallest absolute Gasteiger partial charge is 0.274 e. The van der Waals surface area contributed by atoms with Crippen LogP contribution in [0.25, 0.3) is 39.2 Å². The van der Waals surface area contributed by atoms with E-state index in [1.54, 1.807) is 34.0 Å². The van der Waals surface area contributed by atoms with Crippen LogP contribution < -0.4 is 5.73 Å². The minimum Gasteiger partial charge on any atom is -0.381 e. The topological polar surface area (TPSA) is 104 Å². The van der Waals surface area contributed by atoms with Crippen molar-refractivity contribution < 1.29 is 13.9 Å². The largest absolute Gasteiger partial charge is 0.381 e. The molecule has 6 rings (SSSR count). The summed E-state index contributed by atoms with van der Waals surface area (Å²) in [6.45, 7) is 4.86. The molecule has 10 heteroatoms. The van der Waals surface area contributed by atoms with Crippen molar-refractivity contribution in [3.8, 4) is 22.5 Å². The number of aryl methyl sites for hydroxylation is 1. The van der Waals surface area contributed by atoms with Crippen LogP contribution in [0.5, 0.6) is 0 Å². The highest BCUT2D eigenvalue weighted by Gasteiger charge is 2.29. The van der Waals surface area contributed by atoms with Gasteiger partial charge in [-0.1, -0.05) is 6.07 Å². The molecule has 2 unspecified atom stereocenters. The number of ether oxygens (including phenoxy) is 1. The van der Waals surface area contributed by atoms with E-state index in [4.69, 9.17) is 10.5 Å². The number of hydrogen-bond donors (Lipinski definition) is 1. The fourth-order valence-electron chi connectivity index (χ4n) is 5.04. The lowest BCUT2D eigenvalue weighted by Gasteiger charge is -2.34. The van der Waals surface area contributed by atoms with Crippen molar-refractivity contribution in [1.29, 1.82) is 0 Å². The quantitative estimate of drug-likeness (QED) is 0.404.